The fraction of sp³-hybridized carbons (Fsp3) is 1.00. The average Bonchev–Trinajstić information content (AvgIpc) is 3.25. The van der Waals surface area contributed by atoms with E-state index in [-0.39, 0.29) is 45.5 Å². The normalized spacial score (nSPS) is 58.5. The van der Waals surface area contributed by atoms with Crippen LogP contribution in [-0.4, -0.2) is 150 Å². The van der Waals surface area contributed by atoms with E-state index in [2.05, 4.69) is 34.6 Å². The minimum Gasteiger partial charge on any atom is -0.394 e. The molecule has 8 aliphatic rings. The molecule has 55 heavy (non-hydrogen) atoms. The Morgan fingerprint density at radius 3 is 2.11 bits per heavy atom. The first-order valence-electron chi connectivity index (χ1n) is 20.8. The van der Waals surface area contributed by atoms with Gasteiger partial charge in [-0.2, -0.15) is 0 Å². The molecule has 0 aromatic heterocycles. The van der Waals surface area contributed by atoms with E-state index in [4.69, 9.17) is 23.7 Å². The molecule has 4 unspecified atom stereocenters. The van der Waals surface area contributed by atoms with Gasteiger partial charge < -0.3 is 69.6 Å². The maximum absolute atomic E-state index is 12.4. The van der Waals surface area contributed by atoms with E-state index in [1.54, 1.807) is 13.8 Å². The van der Waals surface area contributed by atoms with Gasteiger partial charge in [0.2, 0.25) is 0 Å². The monoisotopic (exact) mass is 784 g/mol. The van der Waals surface area contributed by atoms with Crippen LogP contribution in [0.1, 0.15) is 106 Å². The van der Waals surface area contributed by atoms with Crippen LogP contribution >= 0.6 is 0 Å². The molecule has 14 heteroatoms. The first-order valence-corrected chi connectivity index (χ1v) is 20.8. The predicted octanol–water partition coefficient (Wildman–Crippen LogP) is 0.726. The summed E-state index contributed by atoms with van der Waals surface area (Å²) in [6, 6.07) is 0. The maximum atomic E-state index is 12.4. The van der Waals surface area contributed by atoms with Crippen molar-refractivity contribution in [3.8, 4) is 0 Å². The number of hydrogen-bond acceptors (Lipinski definition) is 14. The molecule has 3 heterocycles. The van der Waals surface area contributed by atoms with Crippen LogP contribution < -0.4 is 0 Å². The van der Waals surface area contributed by atoms with E-state index >= 15 is 0 Å². The summed E-state index contributed by atoms with van der Waals surface area (Å²) in [4.78, 5) is 0. The molecule has 20 atom stereocenters. The standard InChI is InChI=1S/C41H68O14/c1-34(2)24(53-32-28(27(47)26(46)22(16-42)52-32)54-33-31(48)41(50,18-43)19-51-33)9-11-40-17-39(40)13-12-36(5)30(38(7)10-8-25(55-38)35(3,4)49)21(45)15-37(36,6)23(39)14-20(44)29(34)40/h20-33,42-50H,8-19H2,1-7H3/t20-,21-,22+,23?,24?,25-,26+,27-,28+,29?,30?,31-,32-,33-,36+,37-,38+,39-,40+,41+/m0/s1. The Morgan fingerprint density at radius 1 is 0.782 bits per heavy atom. The Labute approximate surface area is 324 Å². The van der Waals surface area contributed by atoms with Crippen molar-refractivity contribution in [2.45, 2.75) is 191 Å². The molecule has 316 valence electrons. The zero-order valence-corrected chi connectivity index (χ0v) is 33.6. The fourth-order valence-electron chi connectivity index (χ4n) is 14.9. The lowest BCUT2D eigenvalue weighted by molar-refractivity contribution is -0.355. The highest BCUT2D eigenvalue weighted by Gasteiger charge is 2.85. The highest BCUT2D eigenvalue weighted by Crippen LogP contribution is 2.89. The van der Waals surface area contributed by atoms with Gasteiger partial charge in [0, 0.05) is 5.92 Å². The van der Waals surface area contributed by atoms with Crippen molar-refractivity contribution in [3.63, 3.8) is 0 Å². The van der Waals surface area contributed by atoms with E-state index in [0.717, 1.165) is 38.5 Å². The molecule has 2 spiro atoms. The number of ether oxygens (including phenoxy) is 5. The van der Waals surface area contributed by atoms with Gasteiger partial charge in [0.05, 0.1) is 55.4 Å². The van der Waals surface area contributed by atoms with Gasteiger partial charge in [0.1, 0.15) is 36.1 Å². The van der Waals surface area contributed by atoms with Crippen molar-refractivity contribution >= 4 is 0 Å². The summed E-state index contributed by atoms with van der Waals surface area (Å²) >= 11 is 0. The quantitative estimate of drug-likeness (QED) is 0.155. The van der Waals surface area contributed by atoms with Crippen LogP contribution in [-0.2, 0) is 23.7 Å². The molecule has 0 radical (unpaired) electrons. The Hall–Kier alpha value is -0.560. The molecule has 0 amide bonds. The Kier molecular flexibility index (Phi) is 9.71. The van der Waals surface area contributed by atoms with Crippen molar-refractivity contribution in [3.05, 3.63) is 0 Å². The van der Waals surface area contributed by atoms with Gasteiger partial charge in [-0.3, -0.25) is 0 Å². The van der Waals surface area contributed by atoms with Crippen molar-refractivity contribution < 1.29 is 69.6 Å². The minimum atomic E-state index is -1.98. The highest BCUT2D eigenvalue weighted by molar-refractivity contribution is 5.33. The third kappa shape index (κ3) is 5.56. The van der Waals surface area contributed by atoms with Gasteiger partial charge >= 0.3 is 0 Å². The summed E-state index contributed by atoms with van der Waals surface area (Å²) in [5.74, 6) is -0.0277. The zero-order valence-electron chi connectivity index (χ0n) is 33.6. The van der Waals surface area contributed by atoms with E-state index in [9.17, 15) is 46.0 Å². The summed E-state index contributed by atoms with van der Waals surface area (Å²) in [6.07, 6.45) is -5.03. The predicted molar refractivity (Wildman–Crippen MR) is 194 cm³/mol. The van der Waals surface area contributed by atoms with Crippen LogP contribution in [0.4, 0.5) is 0 Å². The summed E-state index contributed by atoms with van der Waals surface area (Å²) in [7, 11) is 0. The lowest BCUT2D eigenvalue weighted by Crippen LogP contribution is -2.65. The number of rotatable bonds is 8. The van der Waals surface area contributed by atoms with Crippen molar-refractivity contribution in [1.29, 1.82) is 0 Å². The average molecular weight is 785 g/mol. The third-order valence-corrected chi connectivity index (χ3v) is 17.7. The summed E-state index contributed by atoms with van der Waals surface area (Å²) in [6.45, 7) is 12.8. The Morgan fingerprint density at radius 2 is 1.49 bits per heavy atom. The van der Waals surface area contributed by atoms with Crippen LogP contribution in [0.3, 0.4) is 0 Å². The molecule has 0 aromatic rings. The second kappa shape index (κ2) is 13.0. The maximum Gasteiger partial charge on any atom is 0.187 e. The first-order chi connectivity index (χ1) is 25.5. The number of hydrogen-bond donors (Lipinski definition) is 9. The first kappa shape index (κ1) is 41.2. The van der Waals surface area contributed by atoms with Crippen LogP contribution in [0.25, 0.3) is 0 Å². The lowest BCUT2D eigenvalue weighted by Gasteiger charge is -2.65. The fourth-order valence-corrected chi connectivity index (χ4v) is 14.9. The summed E-state index contributed by atoms with van der Waals surface area (Å²) in [5.41, 5.74) is -4.71. The Bertz CT molecular complexity index is 1470. The molecule has 5 saturated carbocycles. The van der Waals surface area contributed by atoms with E-state index in [1.807, 2.05) is 0 Å². The van der Waals surface area contributed by atoms with Crippen molar-refractivity contribution in [2.75, 3.05) is 19.8 Å². The van der Waals surface area contributed by atoms with E-state index in [1.165, 1.54) is 0 Å². The SMILES string of the molecule is CC1(C)C(O[C@@H]2O[C@H](CO)[C@@H](O)[C@H](O)[C@H]2O[C@@H]2OC[C@](O)(CO)[C@H]2O)CC[C@]23C[C@]24CC[C@]2(C)C([C@@]5(C)CC[C@@H](C(C)(C)O)O5)[C@@H](O)C[C@@]2(C)C4C[C@H](O)C13. The molecule has 0 bridgehead atoms. The summed E-state index contributed by atoms with van der Waals surface area (Å²) < 4.78 is 30.9. The second-order valence-electron chi connectivity index (χ2n) is 21.2. The van der Waals surface area contributed by atoms with Crippen LogP contribution in [0.5, 0.6) is 0 Å². The van der Waals surface area contributed by atoms with Gasteiger partial charge in [-0.05, 0) is 117 Å². The molecule has 3 saturated heterocycles. The largest absolute Gasteiger partial charge is 0.394 e. The van der Waals surface area contributed by atoms with Crippen molar-refractivity contribution in [2.24, 2.45) is 44.8 Å². The zero-order chi connectivity index (χ0) is 40.1. The molecule has 8 rings (SSSR count). The summed E-state index contributed by atoms with van der Waals surface area (Å²) in [5, 5.41) is 98.2. The van der Waals surface area contributed by atoms with Gasteiger partial charge in [0.15, 0.2) is 12.6 Å². The van der Waals surface area contributed by atoms with Gasteiger partial charge in [-0.25, -0.2) is 0 Å². The van der Waals surface area contributed by atoms with Crippen molar-refractivity contribution in [1.82, 2.24) is 0 Å². The minimum absolute atomic E-state index is 0.00376. The third-order valence-electron chi connectivity index (χ3n) is 17.7. The molecule has 14 nitrogen and oxygen atoms in total. The molecule has 5 aliphatic carbocycles. The highest BCUT2D eigenvalue weighted by atomic mass is 16.8. The molecule has 8 fully saturated rings. The second-order valence-corrected chi connectivity index (χ2v) is 21.2. The van der Waals surface area contributed by atoms with Gasteiger partial charge in [0.25, 0.3) is 0 Å². The topological polar surface area (TPSA) is 228 Å². The molecular weight excluding hydrogens is 716 g/mol. The van der Waals surface area contributed by atoms with E-state index in [0.29, 0.717) is 19.3 Å². The smallest absolute Gasteiger partial charge is 0.187 e. The van der Waals surface area contributed by atoms with Crippen LogP contribution in [0.2, 0.25) is 0 Å². The molecule has 3 aliphatic heterocycles. The lowest BCUT2D eigenvalue weighted by atomic mass is 9.41. The van der Waals surface area contributed by atoms with Crippen LogP contribution in [0.15, 0.2) is 0 Å². The van der Waals surface area contributed by atoms with Crippen LogP contribution in [0, 0.1) is 44.8 Å². The van der Waals surface area contributed by atoms with Gasteiger partial charge in [-0.1, -0.05) is 27.7 Å². The van der Waals surface area contributed by atoms with Gasteiger partial charge in [-0.15, -0.1) is 0 Å². The molecule has 0 aromatic carbocycles. The number of aliphatic hydroxyl groups excluding tert-OH is 7. The molecular formula is C41H68O14. The van der Waals surface area contributed by atoms with E-state index < -0.39 is 103 Å². The Balaban J connectivity index is 1.04. The number of fused-ring (bicyclic) bond motifs is 2. The molecule has 9 N–H and O–H groups in total. The number of aliphatic hydroxyl groups is 9.